The van der Waals surface area contributed by atoms with Crippen molar-refractivity contribution in [3.8, 4) is 0 Å². The van der Waals surface area contributed by atoms with Crippen LogP contribution < -0.4 is 10.4 Å². The van der Waals surface area contributed by atoms with Crippen molar-refractivity contribution in [2.75, 3.05) is 0 Å². The van der Waals surface area contributed by atoms with E-state index in [2.05, 4.69) is 14.9 Å². The molecule has 24 heavy (non-hydrogen) atoms. The van der Waals surface area contributed by atoms with Gasteiger partial charge < -0.3 is 4.98 Å². The Balaban J connectivity index is 1.85. The maximum absolute atomic E-state index is 12.1. The summed E-state index contributed by atoms with van der Waals surface area (Å²) in [6.07, 6.45) is 1.17. The summed E-state index contributed by atoms with van der Waals surface area (Å²) in [5.41, 5.74) is 0.581. The van der Waals surface area contributed by atoms with Crippen LogP contribution in [0.3, 0.4) is 0 Å². The van der Waals surface area contributed by atoms with E-state index in [9.17, 15) is 13.2 Å². The lowest BCUT2D eigenvalue weighted by molar-refractivity contribution is 0.584. The van der Waals surface area contributed by atoms with Crippen LogP contribution in [-0.4, -0.2) is 19.6 Å². The molecule has 3 rings (SSSR count). The molecule has 1 heterocycles. The number of nitrogens with one attached hydrogen (secondary N) is 2. The van der Waals surface area contributed by atoms with Gasteiger partial charge in [0.05, 0.1) is 16.7 Å². The van der Waals surface area contributed by atoms with E-state index in [-0.39, 0.29) is 16.0 Å². The lowest BCUT2D eigenvalue weighted by atomic mass is 10.2. The third-order valence-corrected chi connectivity index (χ3v) is 4.77. The lowest BCUT2D eigenvalue weighted by Gasteiger charge is -2.03. The first-order valence-electron chi connectivity index (χ1n) is 6.88. The van der Waals surface area contributed by atoms with Gasteiger partial charge in [0.15, 0.2) is 0 Å². The first kappa shape index (κ1) is 16.2. The first-order chi connectivity index (χ1) is 11.5. The molecule has 0 spiro atoms. The van der Waals surface area contributed by atoms with Gasteiger partial charge in [-0.1, -0.05) is 29.8 Å². The van der Waals surface area contributed by atoms with Crippen LogP contribution in [0.25, 0.3) is 10.9 Å². The molecule has 0 radical (unpaired) electrons. The highest BCUT2D eigenvalue weighted by atomic mass is 35.5. The fraction of sp³-hybridized carbons (Fsp3) is 0. The molecule has 1 aromatic heterocycles. The minimum atomic E-state index is -3.82. The fourth-order valence-electron chi connectivity index (χ4n) is 2.09. The summed E-state index contributed by atoms with van der Waals surface area (Å²) >= 11 is 5.73. The number of benzene rings is 2. The summed E-state index contributed by atoms with van der Waals surface area (Å²) in [7, 11) is -3.82. The van der Waals surface area contributed by atoms with E-state index < -0.39 is 10.0 Å². The molecule has 0 aliphatic heterocycles. The second-order valence-corrected chi connectivity index (χ2v) is 7.05. The number of nitrogens with zero attached hydrogens (tertiary/aromatic N) is 1. The average molecular weight is 362 g/mol. The third kappa shape index (κ3) is 3.47. The molecule has 0 fully saturated rings. The van der Waals surface area contributed by atoms with Crippen LogP contribution >= 0.6 is 11.6 Å². The zero-order valence-electron chi connectivity index (χ0n) is 12.2. The Morgan fingerprint density at radius 2 is 1.79 bits per heavy atom. The van der Waals surface area contributed by atoms with Crippen molar-refractivity contribution in [1.82, 2.24) is 9.82 Å². The number of aromatic nitrogens is 1. The topological polar surface area (TPSA) is 91.4 Å². The van der Waals surface area contributed by atoms with Crippen LogP contribution in [0.15, 0.2) is 69.4 Å². The van der Waals surface area contributed by atoms with Crippen molar-refractivity contribution in [2.24, 2.45) is 5.10 Å². The van der Waals surface area contributed by atoms with Crippen LogP contribution in [0, 0.1) is 0 Å². The van der Waals surface area contributed by atoms with Gasteiger partial charge in [-0.2, -0.15) is 13.5 Å². The minimum absolute atomic E-state index is 0.0245. The molecule has 122 valence electrons. The Labute approximate surface area is 142 Å². The summed E-state index contributed by atoms with van der Waals surface area (Å²) in [5.74, 6) is 0. The smallest absolute Gasteiger partial charge is 0.276 e. The summed E-state index contributed by atoms with van der Waals surface area (Å²) in [6, 6.07) is 14.6. The van der Waals surface area contributed by atoms with Gasteiger partial charge in [0.25, 0.3) is 15.6 Å². The summed E-state index contributed by atoms with van der Waals surface area (Å²) in [4.78, 5) is 16.8. The van der Waals surface area contributed by atoms with Crippen LogP contribution in [-0.2, 0) is 10.0 Å². The van der Waals surface area contributed by atoms with Gasteiger partial charge in [0.1, 0.15) is 0 Å². The summed E-state index contributed by atoms with van der Waals surface area (Å²) in [5, 5.41) is 4.91. The molecule has 8 heteroatoms. The number of pyridine rings is 1. The Morgan fingerprint density at radius 3 is 2.54 bits per heavy atom. The minimum Gasteiger partial charge on any atom is -0.321 e. The number of hydrazone groups is 1. The van der Waals surface area contributed by atoms with Crippen LogP contribution in [0.2, 0.25) is 5.02 Å². The quantitative estimate of drug-likeness (QED) is 0.552. The maximum Gasteiger partial charge on any atom is 0.276 e. The summed E-state index contributed by atoms with van der Waals surface area (Å²) in [6.45, 7) is 0. The van der Waals surface area contributed by atoms with Gasteiger partial charge in [0.2, 0.25) is 0 Å². The number of H-pyrrole nitrogens is 1. The van der Waals surface area contributed by atoms with E-state index in [1.807, 2.05) is 18.2 Å². The molecule has 0 aliphatic carbocycles. The Morgan fingerprint density at radius 1 is 1.08 bits per heavy atom. The van der Waals surface area contributed by atoms with Gasteiger partial charge >= 0.3 is 0 Å². The zero-order chi connectivity index (χ0) is 17.2. The zero-order valence-corrected chi connectivity index (χ0v) is 13.8. The third-order valence-electron chi connectivity index (χ3n) is 3.28. The van der Waals surface area contributed by atoms with E-state index in [0.717, 1.165) is 5.39 Å². The molecule has 6 nitrogen and oxygen atoms in total. The molecular formula is C16H12ClN3O3S. The van der Waals surface area contributed by atoms with E-state index in [4.69, 9.17) is 11.6 Å². The molecule has 0 atom stereocenters. The van der Waals surface area contributed by atoms with Crippen molar-refractivity contribution in [3.63, 3.8) is 0 Å². The van der Waals surface area contributed by atoms with Gasteiger partial charge in [-0.25, -0.2) is 4.83 Å². The largest absolute Gasteiger partial charge is 0.321 e. The molecule has 0 amide bonds. The molecule has 2 aromatic carbocycles. The van der Waals surface area contributed by atoms with Crippen molar-refractivity contribution < 1.29 is 8.42 Å². The van der Waals surface area contributed by atoms with Gasteiger partial charge in [-0.05, 0) is 41.8 Å². The van der Waals surface area contributed by atoms with E-state index in [0.29, 0.717) is 10.5 Å². The molecule has 0 aliphatic rings. The molecule has 2 N–H and O–H groups in total. The number of hydrogen-bond acceptors (Lipinski definition) is 4. The van der Waals surface area contributed by atoms with Crippen molar-refractivity contribution >= 4 is 38.7 Å². The van der Waals surface area contributed by atoms with Crippen molar-refractivity contribution in [2.45, 2.75) is 4.90 Å². The first-order valence-corrected chi connectivity index (χ1v) is 8.74. The van der Waals surface area contributed by atoms with Crippen LogP contribution in [0.1, 0.15) is 5.56 Å². The molecular weight excluding hydrogens is 350 g/mol. The number of aromatic amines is 1. The molecule has 0 saturated heterocycles. The molecule has 0 saturated carbocycles. The number of halogens is 1. The normalized spacial score (nSPS) is 11.9. The molecule has 3 aromatic rings. The second kappa shape index (κ2) is 6.46. The van der Waals surface area contributed by atoms with Crippen LogP contribution in [0.4, 0.5) is 0 Å². The lowest BCUT2D eigenvalue weighted by Crippen LogP contribution is -2.19. The van der Waals surface area contributed by atoms with Gasteiger partial charge in [0, 0.05) is 10.5 Å². The monoisotopic (exact) mass is 361 g/mol. The van der Waals surface area contributed by atoms with E-state index in [1.165, 1.54) is 30.5 Å². The fourth-order valence-corrected chi connectivity index (χ4v) is 3.01. The highest BCUT2D eigenvalue weighted by molar-refractivity contribution is 7.89. The number of rotatable bonds is 4. The number of hydrogen-bond donors (Lipinski definition) is 2. The summed E-state index contributed by atoms with van der Waals surface area (Å²) < 4.78 is 24.2. The predicted molar refractivity (Wildman–Crippen MR) is 93.9 cm³/mol. The molecule has 0 unspecified atom stereocenters. The van der Waals surface area contributed by atoms with E-state index >= 15 is 0 Å². The predicted octanol–water partition coefficient (Wildman–Crippen LogP) is 2.49. The SMILES string of the molecule is O=c1[nH]c2ccccc2cc1/C=N\NS(=O)(=O)c1ccc(Cl)cc1. The maximum atomic E-state index is 12.1. The highest BCUT2D eigenvalue weighted by Gasteiger charge is 2.12. The Bertz CT molecular complexity index is 1070. The van der Waals surface area contributed by atoms with Gasteiger partial charge in [-0.3, -0.25) is 4.79 Å². The Hall–Kier alpha value is -2.64. The number of sulfonamides is 1. The average Bonchev–Trinajstić information content (AvgIpc) is 2.55. The Kier molecular flexibility index (Phi) is 4.37. The second-order valence-electron chi connectivity index (χ2n) is 4.95. The van der Waals surface area contributed by atoms with Crippen molar-refractivity contribution in [1.29, 1.82) is 0 Å². The van der Waals surface area contributed by atoms with Crippen molar-refractivity contribution in [3.05, 3.63) is 75.5 Å². The molecule has 0 bridgehead atoms. The highest BCUT2D eigenvalue weighted by Crippen LogP contribution is 2.13. The standard InChI is InChI=1S/C16H12ClN3O3S/c17-13-5-7-14(8-6-13)24(22,23)20-18-10-12-9-11-3-1-2-4-15(11)19-16(12)21/h1-10,20H,(H,19,21)/b18-10-. The van der Waals surface area contributed by atoms with Gasteiger partial charge in [-0.15, -0.1) is 0 Å². The van der Waals surface area contributed by atoms with E-state index in [1.54, 1.807) is 12.1 Å². The van der Waals surface area contributed by atoms with Crippen LogP contribution in [0.5, 0.6) is 0 Å². The number of para-hydroxylation sites is 1. The number of fused-ring (bicyclic) bond motifs is 1.